The fraction of sp³-hybridized carbons (Fsp3) is 0.676. The van der Waals surface area contributed by atoms with Gasteiger partial charge in [-0.15, -0.1) is 0 Å². The van der Waals surface area contributed by atoms with Crippen LogP contribution in [-0.2, 0) is 0 Å². The van der Waals surface area contributed by atoms with E-state index in [0.717, 1.165) is 69.6 Å². The largest absolute Gasteiger partial charge is 0.0885 e. The highest BCUT2D eigenvalue weighted by molar-refractivity contribution is 5.01. The molecule has 0 aliphatic rings. The zero-order valence-electron chi connectivity index (χ0n) is 50.1. The second-order valence-electron chi connectivity index (χ2n) is 21.6. The lowest BCUT2D eigenvalue weighted by molar-refractivity contribution is 0.243. The quantitative estimate of drug-likeness (QED) is 0.0421. The van der Waals surface area contributed by atoms with Crippen LogP contribution in [0.1, 0.15) is 310 Å². The lowest BCUT2D eigenvalue weighted by Gasteiger charge is -2.28. The summed E-state index contributed by atoms with van der Waals surface area (Å²) in [5.41, 5.74) is 0. The fourth-order valence-electron chi connectivity index (χ4n) is 9.84. The van der Waals surface area contributed by atoms with Crippen LogP contribution in [0.3, 0.4) is 0 Å². The number of rotatable bonds is 57. The summed E-state index contributed by atoms with van der Waals surface area (Å²) in [6, 6.07) is 0. The van der Waals surface area contributed by atoms with Gasteiger partial charge in [0.25, 0.3) is 0 Å². The van der Waals surface area contributed by atoms with Crippen molar-refractivity contribution in [3.05, 3.63) is 146 Å². The van der Waals surface area contributed by atoms with E-state index in [9.17, 15) is 0 Å². The maximum Gasteiger partial charge on any atom is -0.0169 e. The van der Waals surface area contributed by atoms with Gasteiger partial charge < -0.3 is 0 Å². The summed E-state index contributed by atoms with van der Waals surface area (Å²) in [6.45, 7) is 9.04. The van der Waals surface area contributed by atoms with E-state index in [1.807, 2.05) is 0 Å². The molecule has 0 N–H and O–H groups in total. The first-order valence-electron chi connectivity index (χ1n) is 32.6. The molecule has 0 fully saturated rings. The van der Waals surface area contributed by atoms with E-state index < -0.39 is 0 Å². The monoisotopic (exact) mass is 1010 g/mol. The molecule has 0 radical (unpaired) electrons. The molecule has 0 saturated heterocycles. The summed E-state index contributed by atoms with van der Waals surface area (Å²) < 4.78 is 0. The Morgan fingerprint density at radius 2 is 0.378 bits per heavy atom. The number of hydrogen-bond acceptors (Lipinski definition) is 0. The Balaban J connectivity index is 5.29. The van der Waals surface area contributed by atoms with E-state index in [1.54, 1.807) is 0 Å². The van der Waals surface area contributed by atoms with Gasteiger partial charge in [-0.25, -0.2) is 0 Å². The molecule has 0 spiro atoms. The predicted molar refractivity (Wildman–Crippen MR) is 343 cm³/mol. The van der Waals surface area contributed by atoms with Crippen LogP contribution < -0.4 is 0 Å². The lowest BCUT2D eigenvalue weighted by Crippen LogP contribution is -2.16. The molecule has 74 heavy (non-hydrogen) atoms. The van der Waals surface area contributed by atoms with Crippen LogP contribution in [0.2, 0.25) is 0 Å². The number of allylic oxidation sites excluding steroid dienone is 24. The van der Waals surface area contributed by atoms with Gasteiger partial charge in [0.2, 0.25) is 0 Å². The molecular weight excluding hydrogens is 889 g/mol. The molecule has 0 nitrogen and oxygen atoms in total. The van der Waals surface area contributed by atoms with E-state index in [4.69, 9.17) is 0 Å². The van der Waals surface area contributed by atoms with Crippen molar-refractivity contribution in [2.75, 3.05) is 0 Å². The van der Waals surface area contributed by atoms with Crippen LogP contribution >= 0.6 is 0 Å². The molecule has 0 bridgehead atoms. The maximum atomic E-state index is 2.52. The Hall–Kier alpha value is -3.12. The minimum absolute atomic E-state index is 0.874. The summed E-state index contributed by atoms with van der Waals surface area (Å²) in [5, 5.41) is 0. The highest BCUT2D eigenvalue weighted by Gasteiger charge is 2.20. The minimum Gasteiger partial charge on any atom is -0.0885 e. The second kappa shape index (κ2) is 66.0. The Morgan fingerprint density at radius 1 is 0.176 bits per heavy atom. The van der Waals surface area contributed by atoms with E-state index >= 15 is 0 Å². The average molecular weight is 1020 g/mol. The van der Waals surface area contributed by atoms with Gasteiger partial charge in [-0.2, -0.15) is 0 Å². The van der Waals surface area contributed by atoms with E-state index in [0.29, 0.717) is 0 Å². The van der Waals surface area contributed by atoms with Crippen LogP contribution in [0.15, 0.2) is 146 Å². The molecule has 0 aliphatic heterocycles. The van der Waals surface area contributed by atoms with Gasteiger partial charge in [0.05, 0.1) is 0 Å². The molecule has 0 aromatic heterocycles. The van der Waals surface area contributed by atoms with Crippen LogP contribution in [0.4, 0.5) is 0 Å². The predicted octanol–water partition coefficient (Wildman–Crippen LogP) is 26.1. The summed E-state index contributed by atoms with van der Waals surface area (Å²) >= 11 is 0. The molecule has 2 unspecified atom stereocenters. The average Bonchev–Trinajstić information content (AvgIpc) is 3.41. The molecule has 0 amide bonds. The van der Waals surface area contributed by atoms with Gasteiger partial charge in [-0.3, -0.25) is 0 Å². The Labute approximate surface area is 465 Å². The van der Waals surface area contributed by atoms with Gasteiger partial charge in [0.15, 0.2) is 0 Å². The Bertz CT molecular complexity index is 1440. The van der Waals surface area contributed by atoms with Crippen molar-refractivity contribution in [3.8, 4) is 0 Å². The standard InChI is InChI=1S/C74H126/c1-5-9-13-17-21-25-29-33-37-41-45-49-53-57-61-65-69-73(70-66-62-58-54-50-46-42-38-34-30-26-22-18-14-10-6-2)74(71-67-63-59-55-51-47-43-39-35-31-27-23-19-15-11-7-3)72-68-64-60-56-52-48-44-40-36-32-28-24-20-16-12-8-4/h9,13,21-28,33-40,46-47,50-51,59,63,73-74H,5-8,10-12,14-20,29-32,41-45,48-49,52-58,60-62,64-72H2,1-4H3. The second-order valence-corrected chi connectivity index (χ2v) is 21.6. The maximum absolute atomic E-state index is 2.52. The van der Waals surface area contributed by atoms with Gasteiger partial charge in [0, 0.05) is 0 Å². The summed E-state index contributed by atoms with van der Waals surface area (Å²) in [6.07, 6.45) is 114. The topological polar surface area (TPSA) is 0 Å². The molecule has 0 rings (SSSR count). The molecule has 0 aliphatic carbocycles. The van der Waals surface area contributed by atoms with Crippen molar-refractivity contribution in [1.82, 2.24) is 0 Å². The van der Waals surface area contributed by atoms with Crippen molar-refractivity contribution < 1.29 is 0 Å². The van der Waals surface area contributed by atoms with Crippen molar-refractivity contribution in [3.63, 3.8) is 0 Å². The first-order chi connectivity index (χ1) is 36.8. The lowest BCUT2D eigenvalue weighted by atomic mass is 9.78. The summed E-state index contributed by atoms with van der Waals surface area (Å²) in [7, 11) is 0. The Kier molecular flexibility index (Phi) is 63.2. The van der Waals surface area contributed by atoms with Gasteiger partial charge in [-0.1, -0.05) is 308 Å². The number of hydrogen-bond donors (Lipinski definition) is 0. The van der Waals surface area contributed by atoms with E-state index in [2.05, 4.69) is 174 Å². The molecule has 2 atom stereocenters. The van der Waals surface area contributed by atoms with Crippen LogP contribution in [0.25, 0.3) is 0 Å². The zero-order chi connectivity index (χ0) is 53.2. The normalized spacial score (nSPS) is 13.9. The molecular formula is C74H126. The molecule has 0 aromatic carbocycles. The van der Waals surface area contributed by atoms with Gasteiger partial charge in [0.1, 0.15) is 0 Å². The SMILES string of the molecule is CCC=CCC=CCC=CCCCCCCCCC(CCCCCC=CCC=CCC=CCCCCC)C(CCC=CCC=CCC=CCC=CCCCCC)CCCCCCCCC=CCC=CCCCCC. The smallest absolute Gasteiger partial charge is 0.0169 e. The van der Waals surface area contributed by atoms with E-state index in [1.165, 1.54) is 225 Å². The summed E-state index contributed by atoms with van der Waals surface area (Å²) in [4.78, 5) is 0. The van der Waals surface area contributed by atoms with Crippen molar-refractivity contribution in [2.24, 2.45) is 11.8 Å². The first kappa shape index (κ1) is 70.9. The number of unbranched alkanes of at least 4 members (excludes halogenated alkanes) is 24. The zero-order valence-corrected chi connectivity index (χ0v) is 50.1. The third-order valence-corrected chi connectivity index (χ3v) is 14.5. The molecule has 0 saturated carbocycles. The van der Waals surface area contributed by atoms with Crippen molar-refractivity contribution in [1.29, 1.82) is 0 Å². The van der Waals surface area contributed by atoms with Crippen molar-refractivity contribution in [2.45, 2.75) is 310 Å². The highest BCUT2D eigenvalue weighted by Crippen LogP contribution is 2.33. The molecule has 0 aromatic rings. The fourth-order valence-corrected chi connectivity index (χ4v) is 9.84. The van der Waals surface area contributed by atoms with Crippen LogP contribution in [0, 0.1) is 11.8 Å². The third-order valence-electron chi connectivity index (χ3n) is 14.5. The third kappa shape index (κ3) is 59.8. The minimum atomic E-state index is 0.874. The Morgan fingerprint density at radius 3 is 0.662 bits per heavy atom. The van der Waals surface area contributed by atoms with Crippen LogP contribution in [-0.4, -0.2) is 0 Å². The van der Waals surface area contributed by atoms with Crippen molar-refractivity contribution >= 4 is 0 Å². The van der Waals surface area contributed by atoms with Gasteiger partial charge in [-0.05, 0) is 160 Å². The molecule has 422 valence electrons. The molecule has 0 heterocycles. The highest BCUT2D eigenvalue weighted by atomic mass is 14.3. The van der Waals surface area contributed by atoms with E-state index in [-0.39, 0.29) is 0 Å². The first-order valence-corrected chi connectivity index (χ1v) is 32.6. The van der Waals surface area contributed by atoms with Crippen LogP contribution in [0.5, 0.6) is 0 Å². The molecule has 0 heteroatoms. The van der Waals surface area contributed by atoms with Gasteiger partial charge >= 0.3 is 0 Å². The summed E-state index contributed by atoms with van der Waals surface area (Å²) in [5.74, 6) is 1.77.